The van der Waals surface area contributed by atoms with Crippen molar-refractivity contribution >= 4 is 0 Å². The van der Waals surface area contributed by atoms with Gasteiger partial charge in [0.25, 0.3) is 0 Å². The molecular formula is C17H27NO. The van der Waals surface area contributed by atoms with Crippen molar-refractivity contribution in [3.05, 3.63) is 35.4 Å². The van der Waals surface area contributed by atoms with E-state index < -0.39 is 0 Å². The first-order valence-electron chi connectivity index (χ1n) is 7.65. The molecule has 0 heterocycles. The van der Waals surface area contributed by atoms with Gasteiger partial charge in [-0.15, -0.1) is 0 Å². The number of hydrogen-bond acceptors (Lipinski definition) is 2. The van der Waals surface area contributed by atoms with E-state index in [1.165, 1.54) is 30.4 Å². The fraction of sp³-hybridized carbons (Fsp3) is 0.647. The van der Waals surface area contributed by atoms with Crippen molar-refractivity contribution in [1.29, 1.82) is 0 Å². The van der Waals surface area contributed by atoms with Crippen LogP contribution in [0.4, 0.5) is 0 Å². The fourth-order valence-corrected chi connectivity index (χ4v) is 2.50. The van der Waals surface area contributed by atoms with Crippen molar-refractivity contribution in [2.24, 2.45) is 0 Å². The summed E-state index contributed by atoms with van der Waals surface area (Å²) in [5, 5.41) is 3.60. The highest BCUT2D eigenvalue weighted by atomic mass is 16.5. The second-order valence-corrected chi connectivity index (χ2v) is 5.76. The lowest BCUT2D eigenvalue weighted by Crippen LogP contribution is -2.27. The zero-order valence-electron chi connectivity index (χ0n) is 12.5. The van der Waals surface area contributed by atoms with Crippen molar-refractivity contribution in [2.75, 3.05) is 6.54 Å². The van der Waals surface area contributed by atoms with Gasteiger partial charge in [-0.2, -0.15) is 0 Å². The molecule has 0 spiro atoms. The zero-order chi connectivity index (χ0) is 13.7. The van der Waals surface area contributed by atoms with Crippen molar-refractivity contribution in [1.82, 2.24) is 5.32 Å². The molecule has 0 aromatic heterocycles. The van der Waals surface area contributed by atoms with Gasteiger partial charge in [0, 0.05) is 12.6 Å². The molecule has 1 aromatic carbocycles. The van der Waals surface area contributed by atoms with Crippen molar-refractivity contribution in [3.63, 3.8) is 0 Å². The van der Waals surface area contributed by atoms with E-state index in [0.717, 1.165) is 19.0 Å². The number of benzene rings is 1. The minimum Gasteiger partial charge on any atom is -0.369 e. The molecule has 106 valence electrons. The molecule has 0 aliphatic heterocycles. The highest BCUT2D eigenvalue weighted by Crippen LogP contribution is 2.25. The Balaban J connectivity index is 2.01. The van der Waals surface area contributed by atoms with E-state index in [0.29, 0.717) is 6.10 Å². The van der Waals surface area contributed by atoms with Gasteiger partial charge in [-0.1, -0.05) is 37.6 Å². The van der Waals surface area contributed by atoms with Gasteiger partial charge in [-0.05, 0) is 44.2 Å². The van der Waals surface area contributed by atoms with E-state index in [2.05, 4.69) is 50.4 Å². The van der Waals surface area contributed by atoms with E-state index in [9.17, 15) is 0 Å². The maximum Gasteiger partial charge on any atom is 0.0955 e. The summed E-state index contributed by atoms with van der Waals surface area (Å²) in [6, 6.07) is 9.32. The Labute approximate surface area is 117 Å². The summed E-state index contributed by atoms with van der Waals surface area (Å²) in [6.45, 7) is 7.51. The summed E-state index contributed by atoms with van der Waals surface area (Å²) in [7, 11) is 0. The van der Waals surface area contributed by atoms with E-state index in [1.54, 1.807) is 0 Å². The average Bonchev–Trinajstić information content (AvgIpc) is 3.19. The minimum atomic E-state index is 0.184. The summed E-state index contributed by atoms with van der Waals surface area (Å²) in [6.07, 6.45) is 5.47. The van der Waals surface area contributed by atoms with Crippen molar-refractivity contribution < 1.29 is 4.74 Å². The molecule has 0 amide bonds. The lowest BCUT2D eigenvalue weighted by Gasteiger charge is -2.24. The number of nitrogens with one attached hydrogen (secondary N) is 1. The molecule has 2 heteroatoms. The van der Waals surface area contributed by atoms with Crippen molar-refractivity contribution in [2.45, 2.75) is 64.7 Å². The Morgan fingerprint density at radius 1 is 1.32 bits per heavy atom. The number of aryl methyl sites for hydroxylation is 1. The normalized spacial score (nSPS) is 18.3. The third-order valence-electron chi connectivity index (χ3n) is 3.80. The van der Waals surface area contributed by atoms with E-state index in [-0.39, 0.29) is 6.10 Å². The molecule has 1 fully saturated rings. The SMILES string of the molecule is CCCC(C)OC(CNC1CC1)c1ccccc1C. The predicted octanol–water partition coefficient (Wildman–Crippen LogP) is 3.99. The molecule has 2 nitrogen and oxygen atoms in total. The lowest BCUT2D eigenvalue weighted by molar-refractivity contribution is -0.00770. The molecule has 19 heavy (non-hydrogen) atoms. The van der Waals surface area contributed by atoms with Gasteiger partial charge in [0.1, 0.15) is 0 Å². The highest BCUT2D eigenvalue weighted by Gasteiger charge is 2.24. The molecular weight excluding hydrogens is 234 g/mol. The molecule has 1 aliphatic carbocycles. The standard InChI is InChI=1S/C17H27NO/c1-4-7-14(3)19-17(12-18-15-10-11-15)16-9-6-5-8-13(16)2/h5-6,8-9,14-15,17-18H,4,7,10-12H2,1-3H3. The van der Waals surface area contributed by atoms with Crippen LogP contribution >= 0.6 is 0 Å². The third kappa shape index (κ3) is 4.63. The van der Waals surface area contributed by atoms with E-state index >= 15 is 0 Å². The van der Waals surface area contributed by atoms with Gasteiger partial charge in [-0.3, -0.25) is 0 Å². The maximum absolute atomic E-state index is 6.27. The molecule has 0 radical (unpaired) electrons. The Morgan fingerprint density at radius 3 is 2.68 bits per heavy atom. The van der Waals surface area contributed by atoms with Crippen molar-refractivity contribution in [3.8, 4) is 0 Å². The van der Waals surface area contributed by atoms with Crippen LogP contribution in [0.5, 0.6) is 0 Å². The molecule has 0 saturated heterocycles. The third-order valence-corrected chi connectivity index (χ3v) is 3.80. The Hall–Kier alpha value is -0.860. The molecule has 2 unspecified atom stereocenters. The summed E-state index contributed by atoms with van der Waals surface area (Å²) in [4.78, 5) is 0. The molecule has 1 N–H and O–H groups in total. The van der Waals surface area contributed by atoms with E-state index in [4.69, 9.17) is 4.74 Å². The van der Waals surface area contributed by atoms with E-state index in [1.807, 2.05) is 0 Å². The van der Waals surface area contributed by atoms with Crippen LogP contribution in [0.2, 0.25) is 0 Å². The topological polar surface area (TPSA) is 21.3 Å². The van der Waals surface area contributed by atoms with Gasteiger partial charge in [0.2, 0.25) is 0 Å². The molecule has 1 aliphatic rings. The van der Waals surface area contributed by atoms with Gasteiger partial charge >= 0.3 is 0 Å². The molecule has 2 rings (SSSR count). The summed E-state index contributed by atoms with van der Waals surface area (Å²) in [5.74, 6) is 0. The maximum atomic E-state index is 6.27. The molecule has 1 saturated carbocycles. The van der Waals surface area contributed by atoms with Crippen LogP contribution in [0.1, 0.15) is 56.8 Å². The number of hydrogen-bond donors (Lipinski definition) is 1. The second kappa shape index (κ2) is 7.06. The van der Waals surface area contributed by atoms with Gasteiger partial charge in [0.15, 0.2) is 0 Å². The Morgan fingerprint density at radius 2 is 2.05 bits per heavy atom. The van der Waals surface area contributed by atoms with Crippen LogP contribution in [-0.2, 0) is 4.74 Å². The highest BCUT2D eigenvalue weighted by molar-refractivity contribution is 5.28. The summed E-state index contributed by atoms with van der Waals surface area (Å²) in [5.41, 5.74) is 2.66. The number of rotatable bonds is 8. The largest absolute Gasteiger partial charge is 0.369 e. The summed E-state index contributed by atoms with van der Waals surface area (Å²) < 4.78 is 6.27. The van der Waals surface area contributed by atoms with Gasteiger partial charge in [0.05, 0.1) is 12.2 Å². The predicted molar refractivity (Wildman–Crippen MR) is 80.4 cm³/mol. The first-order valence-corrected chi connectivity index (χ1v) is 7.65. The fourth-order valence-electron chi connectivity index (χ4n) is 2.50. The van der Waals surface area contributed by atoms with Crippen LogP contribution in [0, 0.1) is 6.92 Å². The molecule has 2 atom stereocenters. The summed E-state index contributed by atoms with van der Waals surface area (Å²) >= 11 is 0. The van der Waals surface area contributed by atoms with Crippen LogP contribution in [-0.4, -0.2) is 18.7 Å². The average molecular weight is 261 g/mol. The van der Waals surface area contributed by atoms with Crippen LogP contribution in [0.15, 0.2) is 24.3 Å². The quantitative estimate of drug-likeness (QED) is 0.764. The molecule has 1 aromatic rings. The minimum absolute atomic E-state index is 0.184. The second-order valence-electron chi connectivity index (χ2n) is 5.76. The monoisotopic (exact) mass is 261 g/mol. The van der Waals surface area contributed by atoms with Crippen LogP contribution in [0.25, 0.3) is 0 Å². The van der Waals surface area contributed by atoms with Gasteiger partial charge < -0.3 is 10.1 Å². The van der Waals surface area contributed by atoms with Crippen LogP contribution < -0.4 is 5.32 Å². The van der Waals surface area contributed by atoms with Crippen LogP contribution in [0.3, 0.4) is 0 Å². The molecule has 0 bridgehead atoms. The van der Waals surface area contributed by atoms with Gasteiger partial charge in [-0.25, -0.2) is 0 Å². The zero-order valence-corrected chi connectivity index (χ0v) is 12.5. The smallest absolute Gasteiger partial charge is 0.0955 e. The Bertz CT molecular complexity index is 387. The first kappa shape index (κ1) is 14.5. The Kier molecular flexibility index (Phi) is 5.41. The lowest BCUT2D eigenvalue weighted by atomic mass is 10.0. The number of ether oxygens (including phenoxy) is 1. The first-order chi connectivity index (χ1) is 9.20.